The lowest BCUT2D eigenvalue weighted by molar-refractivity contribution is -0.151. The summed E-state index contributed by atoms with van der Waals surface area (Å²) in [6.07, 6.45) is -0.153. The van der Waals surface area contributed by atoms with Gasteiger partial charge in [0, 0.05) is 5.56 Å². The van der Waals surface area contributed by atoms with Gasteiger partial charge in [0.2, 0.25) is 0 Å². The molecule has 4 nitrogen and oxygen atoms in total. The predicted octanol–water partition coefficient (Wildman–Crippen LogP) is 2.66. The maximum Gasteiger partial charge on any atom is 0.347 e. The molecule has 0 aliphatic rings. The number of carbonyl (C=O) groups excluding carboxylic acids is 1. The quantitative estimate of drug-likeness (QED) is 0.820. The van der Waals surface area contributed by atoms with Gasteiger partial charge < -0.3 is 14.6 Å². The van der Waals surface area contributed by atoms with E-state index in [-0.39, 0.29) is 12.6 Å². The van der Waals surface area contributed by atoms with Crippen LogP contribution in [0.25, 0.3) is 0 Å². The van der Waals surface area contributed by atoms with Crippen LogP contribution < -0.4 is 4.74 Å². The Morgan fingerprint density at radius 1 is 1.44 bits per heavy atom. The second-order valence-corrected chi connectivity index (χ2v) is 4.51. The zero-order chi connectivity index (χ0) is 13.5. The van der Waals surface area contributed by atoms with E-state index in [0.29, 0.717) is 28.8 Å². The number of ether oxygens (including phenoxy) is 2. The number of hydrogen-bond acceptors (Lipinski definition) is 4. The molecule has 0 spiro atoms. The molecule has 0 heterocycles. The van der Waals surface area contributed by atoms with Gasteiger partial charge in [-0.3, -0.25) is 0 Å². The van der Waals surface area contributed by atoms with Crippen molar-refractivity contribution in [3.05, 3.63) is 28.2 Å². The van der Waals surface area contributed by atoms with Gasteiger partial charge in [-0.2, -0.15) is 0 Å². The molecular weight excluding hydrogens is 300 g/mol. The van der Waals surface area contributed by atoms with Crippen molar-refractivity contribution in [3.63, 3.8) is 0 Å². The van der Waals surface area contributed by atoms with Gasteiger partial charge in [0.05, 0.1) is 17.7 Å². The first-order chi connectivity index (χ1) is 8.63. The van der Waals surface area contributed by atoms with Gasteiger partial charge in [-0.25, -0.2) is 4.79 Å². The SMILES string of the molecule is CCOC(=O)C(CC)Oc1c(Br)cccc1CO. The van der Waals surface area contributed by atoms with Crippen LogP contribution in [0.4, 0.5) is 0 Å². The molecule has 1 rings (SSSR count). The molecule has 0 bridgehead atoms. The molecule has 1 aromatic carbocycles. The number of esters is 1. The molecule has 0 amide bonds. The van der Waals surface area contributed by atoms with Crippen molar-refractivity contribution in [2.24, 2.45) is 0 Å². The van der Waals surface area contributed by atoms with Crippen molar-refractivity contribution in [1.29, 1.82) is 0 Å². The summed E-state index contributed by atoms with van der Waals surface area (Å²) in [7, 11) is 0. The molecule has 0 aromatic heterocycles. The zero-order valence-electron chi connectivity index (χ0n) is 10.5. The first kappa shape index (κ1) is 15.0. The summed E-state index contributed by atoms with van der Waals surface area (Å²) in [4.78, 5) is 11.7. The number of aliphatic hydroxyl groups excluding tert-OH is 1. The molecular formula is C13H17BrO4. The van der Waals surface area contributed by atoms with Gasteiger partial charge in [-0.15, -0.1) is 0 Å². The summed E-state index contributed by atoms with van der Waals surface area (Å²) in [5, 5.41) is 9.25. The zero-order valence-corrected chi connectivity index (χ0v) is 12.1. The largest absolute Gasteiger partial charge is 0.477 e. The van der Waals surface area contributed by atoms with Gasteiger partial charge >= 0.3 is 5.97 Å². The molecule has 0 fully saturated rings. The van der Waals surface area contributed by atoms with Crippen LogP contribution in [0.2, 0.25) is 0 Å². The lowest BCUT2D eigenvalue weighted by Crippen LogP contribution is -2.29. The molecule has 1 N–H and O–H groups in total. The lowest BCUT2D eigenvalue weighted by atomic mass is 10.2. The minimum atomic E-state index is -0.658. The van der Waals surface area contributed by atoms with Gasteiger partial charge in [-0.05, 0) is 35.3 Å². The van der Waals surface area contributed by atoms with Gasteiger partial charge in [0.15, 0.2) is 6.10 Å². The van der Waals surface area contributed by atoms with Gasteiger partial charge in [0.1, 0.15) is 5.75 Å². The van der Waals surface area contributed by atoms with Crippen LogP contribution in [0.1, 0.15) is 25.8 Å². The van der Waals surface area contributed by atoms with Crippen molar-refractivity contribution in [1.82, 2.24) is 0 Å². The predicted molar refractivity (Wildman–Crippen MR) is 71.4 cm³/mol. The molecule has 1 unspecified atom stereocenters. The fourth-order valence-electron chi connectivity index (χ4n) is 1.49. The molecule has 0 aliphatic carbocycles. The lowest BCUT2D eigenvalue weighted by Gasteiger charge is -2.18. The molecule has 5 heteroatoms. The first-order valence-corrected chi connectivity index (χ1v) is 6.64. The summed E-state index contributed by atoms with van der Waals surface area (Å²) in [5.74, 6) is 0.0968. The first-order valence-electron chi connectivity index (χ1n) is 5.85. The highest BCUT2D eigenvalue weighted by Gasteiger charge is 2.21. The van der Waals surface area contributed by atoms with Crippen LogP contribution in [0.3, 0.4) is 0 Å². The standard InChI is InChI=1S/C13H17BrO4/c1-3-11(13(16)17-4-2)18-12-9(8-15)6-5-7-10(12)14/h5-7,11,15H,3-4,8H2,1-2H3. The number of hydrogen-bond donors (Lipinski definition) is 1. The van der Waals surface area contributed by atoms with Crippen LogP contribution in [0, 0.1) is 0 Å². The molecule has 0 saturated heterocycles. The Morgan fingerprint density at radius 3 is 2.72 bits per heavy atom. The van der Waals surface area contributed by atoms with Crippen LogP contribution in [0.15, 0.2) is 22.7 Å². The van der Waals surface area contributed by atoms with Crippen LogP contribution >= 0.6 is 15.9 Å². The number of halogens is 1. The minimum Gasteiger partial charge on any atom is -0.477 e. The average molecular weight is 317 g/mol. The van der Waals surface area contributed by atoms with E-state index in [1.165, 1.54) is 0 Å². The Labute approximate surface area is 115 Å². The van der Waals surface area contributed by atoms with E-state index >= 15 is 0 Å². The summed E-state index contributed by atoms with van der Waals surface area (Å²) < 4.78 is 11.3. The van der Waals surface area contributed by atoms with Crippen LogP contribution in [-0.4, -0.2) is 23.8 Å². The molecule has 18 heavy (non-hydrogen) atoms. The maximum absolute atomic E-state index is 11.7. The van der Waals surface area contributed by atoms with E-state index in [2.05, 4.69) is 15.9 Å². The van der Waals surface area contributed by atoms with Gasteiger partial charge in [0.25, 0.3) is 0 Å². The number of rotatable bonds is 6. The highest BCUT2D eigenvalue weighted by Crippen LogP contribution is 2.30. The second kappa shape index (κ2) is 7.38. The molecule has 0 radical (unpaired) electrons. The Morgan fingerprint density at radius 2 is 2.17 bits per heavy atom. The molecule has 100 valence electrons. The third kappa shape index (κ3) is 3.71. The summed E-state index contributed by atoms with van der Waals surface area (Å²) >= 11 is 3.35. The number of para-hydroxylation sites is 1. The van der Waals surface area contributed by atoms with E-state index in [1.54, 1.807) is 25.1 Å². The normalized spacial score (nSPS) is 12.0. The fraction of sp³-hybridized carbons (Fsp3) is 0.462. The Hall–Kier alpha value is -1.07. The van der Waals surface area contributed by atoms with Crippen molar-refractivity contribution < 1.29 is 19.4 Å². The Kier molecular flexibility index (Phi) is 6.15. The van der Waals surface area contributed by atoms with Crippen molar-refractivity contribution >= 4 is 21.9 Å². The van der Waals surface area contributed by atoms with Crippen LogP contribution in [0.5, 0.6) is 5.75 Å². The Balaban J connectivity index is 2.91. The minimum absolute atomic E-state index is 0.145. The van der Waals surface area contributed by atoms with Gasteiger partial charge in [-0.1, -0.05) is 19.1 Å². The molecule has 0 saturated carbocycles. The maximum atomic E-state index is 11.7. The van der Waals surface area contributed by atoms with E-state index in [9.17, 15) is 9.90 Å². The fourth-order valence-corrected chi connectivity index (χ4v) is 1.99. The highest BCUT2D eigenvalue weighted by atomic mass is 79.9. The molecule has 1 aromatic rings. The molecule has 1 atom stereocenters. The van der Waals surface area contributed by atoms with Crippen LogP contribution in [-0.2, 0) is 16.1 Å². The summed E-state index contributed by atoms with van der Waals surface area (Å²) in [6, 6.07) is 5.35. The van der Waals surface area contributed by atoms with Crippen molar-refractivity contribution in [2.45, 2.75) is 33.0 Å². The number of aliphatic hydroxyl groups is 1. The Bertz CT molecular complexity index is 406. The molecule has 0 aliphatic heterocycles. The number of carbonyl (C=O) groups is 1. The number of benzene rings is 1. The summed E-state index contributed by atoms with van der Waals surface area (Å²) in [6.45, 7) is 3.77. The highest BCUT2D eigenvalue weighted by molar-refractivity contribution is 9.10. The van der Waals surface area contributed by atoms with E-state index in [0.717, 1.165) is 0 Å². The monoisotopic (exact) mass is 316 g/mol. The summed E-state index contributed by atoms with van der Waals surface area (Å²) in [5.41, 5.74) is 0.632. The average Bonchev–Trinajstić information content (AvgIpc) is 2.37. The topological polar surface area (TPSA) is 55.8 Å². The van der Waals surface area contributed by atoms with E-state index in [1.807, 2.05) is 6.92 Å². The van der Waals surface area contributed by atoms with Crippen molar-refractivity contribution in [3.8, 4) is 5.75 Å². The van der Waals surface area contributed by atoms with Crippen molar-refractivity contribution in [2.75, 3.05) is 6.61 Å². The smallest absolute Gasteiger partial charge is 0.347 e. The third-order valence-electron chi connectivity index (χ3n) is 2.40. The third-order valence-corrected chi connectivity index (χ3v) is 3.02. The van der Waals surface area contributed by atoms with E-state index < -0.39 is 6.10 Å². The second-order valence-electron chi connectivity index (χ2n) is 3.65. The van der Waals surface area contributed by atoms with E-state index in [4.69, 9.17) is 9.47 Å².